The molecule has 8 nitrogen and oxygen atoms in total. The first kappa shape index (κ1) is 17.1. The van der Waals surface area contributed by atoms with Gasteiger partial charge in [-0.3, -0.25) is 14.6 Å². The molecule has 0 aliphatic carbocycles. The van der Waals surface area contributed by atoms with Crippen molar-refractivity contribution >= 4 is 22.5 Å². The summed E-state index contributed by atoms with van der Waals surface area (Å²) in [6.45, 7) is 2.38. The summed E-state index contributed by atoms with van der Waals surface area (Å²) < 4.78 is 1.42. The van der Waals surface area contributed by atoms with Crippen molar-refractivity contribution in [2.75, 3.05) is 25.0 Å². The number of hydrogen-bond donors (Lipinski definition) is 1. The Kier molecular flexibility index (Phi) is 4.78. The number of carbonyl (C=O) groups is 1. The van der Waals surface area contributed by atoms with Crippen LogP contribution < -0.4 is 10.9 Å². The number of nitrogens with one attached hydrogen (secondary N) is 1. The molecule has 8 heteroatoms. The van der Waals surface area contributed by atoms with Crippen LogP contribution >= 0.6 is 0 Å². The molecule has 0 bridgehead atoms. The van der Waals surface area contributed by atoms with Gasteiger partial charge in [0.15, 0.2) is 0 Å². The van der Waals surface area contributed by atoms with Gasteiger partial charge in [-0.15, -0.1) is 0 Å². The van der Waals surface area contributed by atoms with E-state index in [1.807, 2.05) is 18.2 Å². The number of nitrogens with zero attached hydrogens (tertiary/aromatic N) is 5. The molecular weight excluding hydrogens is 344 g/mol. The maximum absolute atomic E-state index is 12.5. The van der Waals surface area contributed by atoms with E-state index in [-0.39, 0.29) is 11.5 Å². The highest BCUT2D eigenvalue weighted by Crippen LogP contribution is 2.12. The van der Waals surface area contributed by atoms with E-state index in [1.54, 1.807) is 23.4 Å². The zero-order chi connectivity index (χ0) is 18.6. The molecule has 0 spiro atoms. The first-order chi connectivity index (χ1) is 13.2. The van der Waals surface area contributed by atoms with Crippen molar-refractivity contribution in [3.8, 4) is 0 Å². The van der Waals surface area contributed by atoms with Crippen LogP contribution in [0.15, 0.2) is 47.7 Å². The van der Waals surface area contributed by atoms with E-state index >= 15 is 0 Å². The van der Waals surface area contributed by atoms with E-state index in [1.165, 1.54) is 10.9 Å². The monoisotopic (exact) mass is 364 g/mol. The smallest absolute Gasteiger partial charge is 0.274 e. The Morgan fingerprint density at radius 2 is 1.93 bits per heavy atom. The van der Waals surface area contributed by atoms with E-state index in [4.69, 9.17) is 0 Å². The molecule has 138 valence electrons. The number of hydrogen-bond acceptors (Lipinski definition) is 6. The maximum atomic E-state index is 12.5. The molecule has 1 aliphatic rings. The highest BCUT2D eigenvalue weighted by molar-refractivity contribution is 5.92. The van der Waals surface area contributed by atoms with Crippen LogP contribution in [0, 0.1) is 0 Å². The number of benzene rings is 1. The highest BCUT2D eigenvalue weighted by Gasteiger charge is 2.21. The summed E-state index contributed by atoms with van der Waals surface area (Å²) in [4.78, 5) is 35.1. The minimum atomic E-state index is -0.126. The third-order valence-electron chi connectivity index (χ3n) is 4.64. The molecule has 1 N–H and O–H groups in total. The normalized spacial score (nSPS) is 13.9. The molecule has 1 aliphatic heterocycles. The summed E-state index contributed by atoms with van der Waals surface area (Å²) in [5, 5.41) is 8.78. The molecule has 2 aromatic heterocycles. The fourth-order valence-electron chi connectivity index (χ4n) is 3.21. The second-order valence-corrected chi connectivity index (χ2v) is 6.48. The van der Waals surface area contributed by atoms with Crippen LogP contribution in [0.4, 0.5) is 5.82 Å². The van der Waals surface area contributed by atoms with Gasteiger partial charge >= 0.3 is 0 Å². The fourth-order valence-corrected chi connectivity index (χ4v) is 3.21. The van der Waals surface area contributed by atoms with Crippen molar-refractivity contribution in [3.63, 3.8) is 0 Å². The van der Waals surface area contributed by atoms with Crippen LogP contribution in [-0.2, 0) is 6.54 Å². The van der Waals surface area contributed by atoms with E-state index in [2.05, 4.69) is 20.4 Å². The van der Waals surface area contributed by atoms with Crippen LogP contribution in [0.3, 0.4) is 0 Å². The summed E-state index contributed by atoms with van der Waals surface area (Å²) in [6, 6.07) is 7.38. The van der Waals surface area contributed by atoms with Gasteiger partial charge in [-0.1, -0.05) is 18.2 Å². The molecule has 0 radical (unpaired) electrons. The van der Waals surface area contributed by atoms with Crippen LogP contribution in [0.5, 0.6) is 0 Å². The molecule has 27 heavy (non-hydrogen) atoms. The molecule has 1 amide bonds. The largest absolute Gasteiger partial charge is 0.367 e. The molecule has 1 aromatic carbocycles. The zero-order valence-electron chi connectivity index (χ0n) is 14.8. The van der Waals surface area contributed by atoms with E-state index in [9.17, 15) is 9.59 Å². The number of carbonyl (C=O) groups excluding carboxylic acids is 1. The zero-order valence-corrected chi connectivity index (χ0v) is 14.8. The Balaban J connectivity index is 1.42. The van der Waals surface area contributed by atoms with Crippen LogP contribution in [0.25, 0.3) is 10.8 Å². The van der Waals surface area contributed by atoms with Crippen molar-refractivity contribution in [2.45, 2.75) is 19.4 Å². The summed E-state index contributed by atoms with van der Waals surface area (Å²) in [7, 11) is 0. The van der Waals surface area contributed by atoms with Gasteiger partial charge in [0, 0.05) is 25.0 Å². The molecule has 0 saturated carbocycles. The molecule has 1 saturated heterocycles. The van der Waals surface area contributed by atoms with Gasteiger partial charge in [-0.2, -0.15) is 5.10 Å². The lowest BCUT2D eigenvalue weighted by Crippen LogP contribution is -2.29. The highest BCUT2D eigenvalue weighted by atomic mass is 16.2. The lowest BCUT2D eigenvalue weighted by molar-refractivity contribution is 0.0786. The Morgan fingerprint density at radius 3 is 2.78 bits per heavy atom. The Hall–Kier alpha value is -3.29. The van der Waals surface area contributed by atoms with E-state index < -0.39 is 0 Å². The number of aromatic nitrogens is 4. The summed E-state index contributed by atoms with van der Waals surface area (Å²) in [6.07, 6.45) is 6.81. The van der Waals surface area contributed by atoms with Gasteiger partial charge in [-0.25, -0.2) is 9.67 Å². The van der Waals surface area contributed by atoms with Crippen LogP contribution in [0.2, 0.25) is 0 Å². The molecule has 1 fully saturated rings. The molecule has 0 unspecified atom stereocenters. The average molecular weight is 364 g/mol. The predicted octanol–water partition coefficient (Wildman–Crippen LogP) is 1.53. The number of amides is 1. The number of likely N-dealkylation sites (tertiary alicyclic amines) is 1. The SMILES string of the molecule is O=C(c1cncc(NCCn2ncc3ccccc3c2=O)n1)N1CCCC1. The van der Waals surface area contributed by atoms with Gasteiger partial charge in [0.05, 0.1) is 30.5 Å². The minimum Gasteiger partial charge on any atom is -0.367 e. The predicted molar refractivity (Wildman–Crippen MR) is 102 cm³/mol. The molecular formula is C19H20N6O2. The first-order valence-corrected chi connectivity index (χ1v) is 9.02. The Bertz CT molecular complexity index is 1030. The lowest BCUT2D eigenvalue weighted by atomic mass is 10.2. The average Bonchev–Trinajstić information content (AvgIpc) is 3.24. The second-order valence-electron chi connectivity index (χ2n) is 6.48. The number of anilines is 1. The van der Waals surface area contributed by atoms with Gasteiger partial charge in [0.2, 0.25) is 0 Å². The van der Waals surface area contributed by atoms with Crippen molar-refractivity contribution in [3.05, 3.63) is 58.9 Å². The topological polar surface area (TPSA) is 93.0 Å². The van der Waals surface area contributed by atoms with Crippen LogP contribution in [0.1, 0.15) is 23.3 Å². The third-order valence-corrected chi connectivity index (χ3v) is 4.64. The third kappa shape index (κ3) is 3.64. The lowest BCUT2D eigenvalue weighted by Gasteiger charge is -2.14. The number of fused-ring (bicyclic) bond motifs is 1. The standard InChI is InChI=1S/C19H20N6O2/c26-18-15-6-2-1-5-14(15)11-22-25(18)10-7-21-17-13-20-12-16(23-17)19(27)24-8-3-4-9-24/h1-2,5-6,11-13H,3-4,7-10H2,(H,21,23). The van der Waals surface area contributed by atoms with Crippen molar-refractivity contribution < 1.29 is 4.79 Å². The van der Waals surface area contributed by atoms with Crippen LogP contribution in [-0.4, -0.2) is 50.2 Å². The van der Waals surface area contributed by atoms with Crippen molar-refractivity contribution in [1.29, 1.82) is 0 Å². The molecule has 0 atom stereocenters. The first-order valence-electron chi connectivity index (χ1n) is 9.02. The second kappa shape index (κ2) is 7.53. The van der Waals surface area contributed by atoms with Gasteiger partial charge in [-0.05, 0) is 18.9 Å². The van der Waals surface area contributed by atoms with E-state index in [0.29, 0.717) is 30.0 Å². The molecule has 3 heterocycles. The number of rotatable bonds is 5. The summed E-state index contributed by atoms with van der Waals surface area (Å²) >= 11 is 0. The maximum Gasteiger partial charge on any atom is 0.274 e. The van der Waals surface area contributed by atoms with E-state index in [0.717, 1.165) is 31.3 Å². The summed E-state index contributed by atoms with van der Waals surface area (Å²) in [5.74, 6) is 0.421. The van der Waals surface area contributed by atoms with Gasteiger partial charge in [0.1, 0.15) is 11.5 Å². The van der Waals surface area contributed by atoms with Crippen molar-refractivity contribution in [1.82, 2.24) is 24.6 Å². The molecule has 3 aromatic rings. The Morgan fingerprint density at radius 1 is 1.11 bits per heavy atom. The summed E-state index contributed by atoms with van der Waals surface area (Å²) in [5.41, 5.74) is 0.210. The van der Waals surface area contributed by atoms with Gasteiger partial charge in [0.25, 0.3) is 11.5 Å². The fraction of sp³-hybridized carbons (Fsp3) is 0.316. The Labute approximate surface area is 155 Å². The minimum absolute atomic E-state index is 0.0870. The molecule has 4 rings (SSSR count). The van der Waals surface area contributed by atoms with Crippen molar-refractivity contribution in [2.24, 2.45) is 0 Å². The van der Waals surface area contributed by atoms with Gasteiger partial charge < -0.3 is 10.2 Å². The quantitative estimate of drug-likeness (QED) is 0.738.